The van der Waals surface area contributed by atoms with Crippen molar-refractivity contribution < 1.29 is 19.4 Å². The van der Waals surface area contributed by atoms with Gasteiger partial charge in [0, 0.05) is 18.1 Å². The lowest BCUT2D eigenvalue weighted by Crippen LogP contribution is -2.53. The van der Waals surface area contributed by atoms with Crippen LogP contribution in [0.1, 0.15) is 34.5 Å². The lowest BCUT2D eigenvalue weighted by Gasteiger charge is -2.40. The monoisotopic (exact) mass is 350 g/mol. The summed E-state index contributed by atoms with van der Waals surface area (Å²) in [6.45, 7) is 3.15. The van der Waals surface area contributed by atoms with Gasteiger partial charge in [-0.1, -0.05) is 35.9 Å². The van der Waals surface area contributed by atoms with Crippen LogP contribution >= 0.6 is 0 Å². The second kappa shape index (κ2) is 6.98. The fourth-order valence-electron chi connectivity index (χ4n) is 3.12. The number of hydrogen-bond acceptors (Lipinski definition) is 5. The van der Waals surface area contributed by atoms with Crippen LogP contribution in [0.5, 0.6) is 0 Å². The highest BCUT2D eigenvalue weighted by Crippen LogP contribution is 2.40. The maximum atomic E-state index is 13.1. The Balaban J connectivity index is 2.11. The SMILES string of the molecule is CC(=O)O[C@H]1c2ccccc2N(C(=O)c2ccc(C)cc2)[C@H](C#N)[C@H]1O. The first-order valence-electron chi connectivity index (χ1n) is 8.18. The molecule has 132 valence electrons. The van der Waals surface area contributed by atoms with Crippen molar-refractivity contribution in [2.75, 3.05) is 4.90 Å². The average molecular weight is 350 g/mol. The van der Waals surface area contributed by atoms with Crippen molar-refractivity contribution in [1.82, 2.24) is 0 Å². The molecule has 26 heavy (non-hydrogen) atoms. The number of carbonyl (C=O) groups excluding carboxylic acids is 2. The van der Waals surface area contributed by atoms with Crippen LogP contribution in [0.2, 0.25) is 0 Å². The second-order valence-corrected chi connectivity index (χ2v) is 6.19. The number of nitriles is 1. The van der Waals surface area contributed by atoms with E-state index in [0.717, 1.165) is 5.56 Å². The van der Waals surface area contributed by atoms with Gasteiger partial charge in [0.05, 0.1) is 11.8 Å². The Morgan fingerprint density at radius 2 is 1.81 bits per heavy atom. The van der Waals surface area contributed by atoms with Gasteiger partial charge in [-0.3, -0.25) is 14.5 Å². The van der Waals surface area contributed by atoms with Crippen molar-refractivity contribution in [2.24, 2.45) is 0 Å². The lowest BCUT2D eigenvalue weighted by molar-refractivity contribution is -0.153. The summed E-state index contributed by atoms with van der Waals surface area (Å²) in [5.74, 6) is -0.969. The van der Waals surface area contributed by atoms with Crippen molar-refractivity contribution in [3.8, 4) is 6.07 Å². The van der Waals surface area contributed by atoms with Gasteiger partial charge in [0.1, 0.15) is 6.10 Å². The molecule has 0 spiro atoms. The molecule has 0 unspecified atom stereocenters. The van der Waals surface area contributed by atoms with E-state index in [2.05, 4.69) is 0 Å². The molecule has 1 N–H and O–H groups in total. The molecular weight excluding hydrogens is 332 g/mol. The molecule has 3 rings (SSSR count). The van der Waals surface area contributed by atoms with Crippen LogP contribution in [0.3, 0.4) is 0 Å². The molecule has 0 bridgehead atoms. The summed E-state index contributed by atoms with van der Waals surface area (Å²) in [4.78, 5) is 25.8. The van der Waals surface area contributed by atoms with Crippen molar-refractivity contribution in [3.63, 3.8) is 0 Å². The summed E-state index contributed by atoms with van der Waals surface area (Å²) in [5, 5.41) is 20.2. The van der Waals surface area contributed by atoms with E-state index in [0.29, 0.717) is 16.8 Å². The molecule has 1 aliphatic rings. The molecule has 0 aromatic heterocycles. The normalized spacial score (nSPS) is 21.5. The zero-order chi connectivity index (χ0) is 18.8. The molecule has 1 amide bonds. The third-order valence-electron chi connectivity index (χ3n) is 4.36. The zero-order valence-corrected chi connectivity index (χ0v) is 14.4. The first-order chi connectivity index (χ1) is 12.4. The molecule has 2 aromatic carbocycles. The molecule has 3 atom stereocenters. The third kappa shape index (κ3) is 3.05. The maximum Gasteiger partial charge on any atom is 0.303 e. The minimum atomic E-state index is -1.35. The largest absolute Gasteiger partial charge is 0.455 e. The molecule has 6 nitrogen and oxygen atoms in total. The Bertz CT molecular complexity index is 885. The first kappa shape index (κ1) is 17.6. The van der Waals surface area contributed by atoms with Crippen LogP contribution < -0.4 is 4.90 Å². The fourth-order valence-corrected chi connectivity index (χ4v) is 3.12. The van der Waals surface area contributed by atoms with Crippen molar-refractivity contribution in [2.45, 2.75) is 32.1 Å². The quantitative estimate of drug-likeness (QED) is 0.841. The van der Waals surface area contributed by atoms with Crippen LogP contribution in [0, 0.1) is 18.3 Å². The van der Waals surface area contributed by atoms with Gasteiger partial charge >= 0.3 is 5.97 Å². The molecular formula is C20H18N2O4. The molecule has 6 heteroatoms. The van der Waals surface area contributed by atoms with E-state index in [-0.39, 0.29) is 0 Å². The van der Waals surface area contributed by atoms with E-state index in [9.17, 15) is 20.0 Å². The first-order valence-corrected chi connectivity index (χ1v) is 8.18. The number of aliphatic hydroxyl groups excluding tert-OH is 1. The number of anilines is 1. The van der Waals surface area contributed by atoms with Crippen molar-refractivity contribution >= 4 is 17.6 Å². The molecule has 0 saturated heterocycles. The van der Waals surface area contributed by atoms with Crippen LogP contribution in [0.4, 0.5) is 5.69 Å². The maximum absolute atomic E-state index is 13.1. The molecule has 0 aliphatic carbocycles. The lowest BCUT2D eigenvalue weighted by atomic mass is 9.90. The summed E-state index contributed by atoms with van der Waals surface area (Å²) in [5.41, 5.74) is 2.35. The van der Waals surface area contributed by atoms with E-state index in [1.165, 1.54) is 11.8 Å². The third-order valence-corrected chi connectivity index (χ3v) is 4.36. The van der Waals surface area contributed by atoms with Gasteiger partial charge < -0.3 is 9.84 Å². The minimum Gasteiger partial charge on any atom is -0.455 e. The van der Waals surface area contributed by atoms with Crippen LogP contribution in [-0.4, -0.2) is 29.1 Å². The van der Waals surface area contributed by atoms with Crippen LogP contribution in [-0.2, 0) is 9.53 Å². The number of nitrogens with zero attached hydrogens (tertiary/aromatic N) is 2. The standard InChI is InChI=1S/C20H18N2O4/c1-12-7-9-14(10-8-12)20(25)22-16-6-4-3-5-15(16)19(26-13(2)23)18(24)17(22)11-21/h3-10,17-19,24H,1-2H3/t17-,18-,19+/m1/s1. The summed E-state index contributed by atoms with van der Waals surface area (Å²) >= 11 is 0. The van der Waals surface area contributed by atoms with Gasteiger partial charge in [-0.05, 0) is 25.1 Å². The smallest absolute Gasteiger partial charge is 0.303 e. The summed E-state index contributed by atoms with van der Waals surface area (Å²) < 4.78 is 5.23. The van der Waals surface area contributed by atoms with Gasteiger partial charge in [0.15, 0.2) is 12.1 Å². The Labute approximate surface area is 151 Å². The summed E-state index contributed by atoms with van der Waals surface area (Å²) in [6, 6.07) is 14.6. The van der Waals surface area contributed by atoms with Crippen LogP contribution in [0.15, 0.2) is 48.5 Å². The highest BCUT2D eigenvalue weighted by atomic mass is 16.6. The van der Waals surface area contributed by atoms with Crippen LogP contribution in [0.25, 0.3) is 0 Å². The number of benzene rings is 2. The zero-order valence-electron chi connectivity index (χ0n) is 14.4. The van der Waals surface area contributed by atoms with E-state index >= 15 is 0 Å². The predicted octanol–water partition coefficient (Wildman–Crippen LogP) is 2.51. The highest BCUT2D eigenvalue weighted by molar-refractivity contribution is 6.07. The number of fused-ring (bicyclic) bond motifs is 1. The molecule has 1 aliphatic heterocycles. The van der Waals surface area contributed by atoms with Gasteiger partial charge in [-0.2, -0.15) is 5.26 Å². The minimum absolute atomic E-state index is 0.399. The molecule has 0 fully saturated rings. The van der Waals surface area contributed by atoms with Gasteiger partial charge in [0.2, 0.25) is 0 Å². The van der Waals surface area contributed by atoms with E-state index in [1.807, 2.05) is 25.1 Å². The molecule has 0 saturated carbocycles. The van der Waals surface area contributed by atoms with E-state index < -0.39 is 30.1 Å². The molecule has 1 heterocycles. The molecule has 0 radical (unpaired) electrons. The Morgan fingerprint density at radius 1 is 1.15 bits per heavy atom. The van der Waals surface area contributed by atoms with Gasteiger partial charge in [0.25, 0.3) is 5.91 Å². The highest BCUT2D eigenvalue weighted by Gasteiger charge is 2.44. The summed E-state index contributed by atoms with van der Waals surface area (Å²) in [6.07, 6.45) is -2.36. The Morgan fingerprint density at radius 3 is 2.42 bits per heavy atom. The number of esters is 1. The Kier molecular flexibility index (Phi) is 4.74. The number of ether oxygens (including phenoxy) is 1. The molecule has 2 aromatic rings. The number of rotatable bonds is 2. The van der Waals surface area contributed by atoms with E-state index in [1.54, 1.807) is 36.4 Å². The number of para-hydroxylation sites is 1. The number of aryl methyl sites for hydroxylation is 1. The topological polar surface area (TPSA) is 90.6 Å². The van der Waals surface area contributed by atoms with Gasteiger partial charge in [-0.15, -0.1) is 0 Å². The van der Waals surface area contributed by atoms with Gasteiger partial charge in [-0.25, -0.2) is 0 Å². The summed E-state index contributed by atoms with van der Waals surface area (Å²) in [7, 11) is 0. The number of hydrogen-bond donors (Lipinski definition) is 1. The van der Waals surface area contributed by atoms with E-state index in [4.69, 9.17) is 4.74 Å². The Hall–Kier alpha value is -3.17. The number of aliphatic hydroxyl groups is 1. The number of amides is 1. The van der Waals surface area contributed by atoms with Crippen molar-refractivity contribution in [3.05, 3.63) is 65.2 Å². The predicted molar refractivity (Wildman–Crippen MR) is 94.3 cm³/mol. The van der Waals surface area contributed by atoms with Crippen molar-refractivity contribution in [1.29, 1.82) is 5.26 Å². The average Bonchev–Trinajstić information content (AvgIpc) is 2.63. The fraction of sp³-hybridized carbons (Fsp3) is 0.250. The number of carbonyl (C=O) groups is 2. The second-order valence-electron chi connectivity index (χ2n) is 6.19.